The van der Waals surface area contributed by atoms with Crippen LogP contribution in [0.25, 0.3) is 22.2 Å². The van der Waals surface area contributed by atoms with Gasteiger partial charge in [-0.25, -0.2) is 0 Å². The van der Waals surface area contributed by atoms with E-state index in [9.17, 15) is 0 Å². The maximum Gasteiger partial charge on any atom is 0.0719 e. The van der Waals surface area contributed by atoms with Crippen molar-refractivity contribution in [1.29, 1.82) is 0 Å². The number of methoxy groups -OCH3 is 1. The molecule has 0 bridgehead atoms. The zero-order chi connectivity index (χ0) is 19.2. The van der Waals surface area contributed by atoms with Gasteiger partial charge in [-0.15, -0.1) is 0 Å². The molecule has 1 saturated carbocycles. The number of hydrogen-bond donors (Lipinski definition) is 2. The molecule has 1 aliphatic carbocycles. The van der Waals surface area contributed by atoms with Gasteiger partial charge in [-0.1, -0.05) is 43.2 Å². The van der Waals surface area contributed by atoms with E-state index in [-0.39, 0.29) is 0 Å². The summed E-state index contributed by atoms with van der Waals surface area (Å²) in [6.45, 7) is 2.88. The van der Waals surface area contributed by atoms with Crippen molar-refractivity contribution in [2.45, 2.75) is 32.3 Å². The molecule has 4 rings (SSSR count). The molecule has 0 radical (unpaired) electrons. The van der Waals surface area contributed by atoms with Gasteiger partial charge in [0, 0.05) is 24.7 Å². The van der Waals surface area contributed by atoms with E-state index in [0.29, 0.717) is 19.8 Å². The first-order valence-electron chi connectivity index (χ1n) is 10.3. The molecule has 1 heterocycles. The number of H-pyrrole nitrogens is 1. The molecule has 0 atom stereocenters. The fourth-order valence-electron chi connectivity index (χ4n) is 4.10. The van der Waals surface area contributed by atoms with Crippen LogP contribution < -0.4 is 5.32 Å². The van der Waals surface area contributed by atoms with Gasteiger partial charge in [-0.2, -0.15) is 0 Å². The minimum atomic E-state index is 0.600. The standard InChI is InChI=1S/C24H30N2O2/c1-27-11-12-28-17-19-13-21-15-22(20-9-3-2-4-10-20)26-24(21)23(14-19)25-16-18-7-5-6-8-18/h2-4,9-10,13-15,18,25-26H,5-8,11-12,16-17H2,1H3. The van der Waals surface area contributed by atoms with Crippen molar-refractivity contribution in [1.82, 2.24) is 4.98 Å². The zero-order valence-electron chi connectivity index (χ0n) is 16.7. The van der Waals surface area contributed by atoms with Crippen molar-refractivity contribution in [3.63, 3.8) is 0 Å². The van der Waals surface area contributed by atoms with Crippen LogP contribution in [0.2, 0.25) is 0 Å². The quantitative estimate of drug-likeness (QED) is 0.476. The average molecular weight is 379 g/mol. The lowest BCUT2D eigenvalue weighted by molar-refractivity contribution is 0.0617. The number of nitrogens with one attached hydrogen (secondary N) is 2. The normalized spacial score (nSPS) is 14.8. The molecule has 28 heavy (non-hydrogen) atoms. The molecule has 0 unspecified atom stereocenters. The Balaban J connectivity index is 1.60. The Morgan fingerprint density at radius 1 is 1.04 bits per heavy atom. The number of aromatic nitrogens is 1. The molecule has 3 aromatic rings. The zero-order valence-corrected chi connectivity index (χ0v) is 16.7. The molecule has 2 aromatic carbocycles. The summed E-state index contributed by atoms with van der Waals surface area (Å²) in [7, 11) is 1.70. The van der Waals surface area contributed by atoms with Gasteiger partial charge in [0.2, 0.25) is 0 Å². The Morgan fingerprint density at radius 2 is 1.86 bits per heavy atom. The van der Waals surface area contributed by atoms with E-state index in [4.69, 9.17) is 9.47 Å². The molecule has 0 spiro atoms. The molecule has 148 valence electrons. The van der Waals surface area contributed by atoms with Gasteiger partial charge in [-0.3, -0.25) is 0 Å². The number of benzene rings is 2. The summed E-state index contributed by atoms with van der Waals surface area (Å²) < 4.78 is 10.8. The first-order valence-corrected chi connectivity index (χ1v) is 10.3. The predicted molar refractivity (Wildman–Crippen MR) is 116 cm³/mol. The second kappa shape index (κ2) is 9.26. The summed E-state index contributed by atoms with van der Waals surface area (Å²) in [5.41, 5.74) is 5.90. The highest BCUT2D eigenvalue weighted by Crippen LogP contribution is 2.32. The Morgan fingerprint density at radius 3 is 2.64 bits per heavy atom. The van der Waals surface area contributed by atoms with Gasteiger partial charge in [-0.05, 0) is 48.1 Å². The smallest absolute Gasteiger partial charge is 0.0719 e. The molecule has 0 amide bonds. The highest BCUT2D eigenvalue weighted by atomic mass is 16.5. The fraction of sp³-hybridized carbons (Fsp3) is 0.417. The summed E-state index contributed by atoms with van der Waals surface area (Å²) in [5, 5.41) is 4.95. The predicted octanol–water partition coefficient (Wildman–Crippen LogP) is 5.60. The van der Waals surface area contributed by atoms with Crippen molar-refractivity contribution in [2.75, 3.05) is 32.2 Å². The maximum absolute atomic E-state index is 5.77. The Hall–Kier alpha value is -2.30. The van der Waals surface area contributed by atoms with Gasteiger partial charge in [0.15, 0.2) is 0 Å². The van der Waals surface area contributed by atoms with Crippen LogP contribution >= 0.6 is 0 Å². The summed E-state index contributed by atoms with van der Waals surface area (Å²) in [6.07, 6.45) is 5.43. The van der Waals surface area contributed by atoms with Crippen LogP contribution in [-0.4, -0.2) is 31.9 Å². The number of ether oxygens (including phenoxy) is 2. The molecular formula is C24H30N2O2. The largest absolute Gasteiger partial charge is 0.383 e. The molecule has 0 aliphatic heterocycles. The van der Waals surface area contributed by atoms with Crippen LogP contribution in [0.15, 0.2) is 48.5 Å². The van der Waals surface area contributed by atoms with Crippen molar-refractivity contribution in [3.05, 3.63) is 54.1 Å². The van der Waals surface area contributed by atoms with E-state index in [1.54, 1.807) is 7.11 Å². The number of anilines is 1. The van der Waals surface area contributed by atoms with Crippen molar-refractivity contribution in [3.8, 4) is 11.3 Å². The summed E-state index contributed by atoms with van der Waals surface area (Å²) >= 11 is 0. The van der Waals surface area contributed by atoms with Crippen LogP contribution in [0, 0.1) is 5.92 Å². The molecule has 1 fully saturated rings. The molecule has 2 N–H and O–H groups in total. The Bertz CT molecular complexity index is 882. The topological polar surface area (TPSA) is 46.3 Å². The lowest BCUT2D eigenvalue weighted by Gasteiger charge is -2.14. The van der Waals surface area contributed by atoms with E-state index >= 15 is 0 Å². The monoisotopic (exact) mass is 378 g/mol. The number of fused-ring (bicyclic) bond motifs is 1. The van der Waals surface area contributed by atoms with Crippen molar-refractivity contribution >= 4 is 16.6 Å². The van der Waals surface area contributed by atoms with Gasteiger partial charge < -0.3 is 19.8 Å². The van der Waals surface area contributed by atoms with E-state index < -0.39 is 0 Å². The first-order chi connectivity index (χ1) is 13.8. The van der Waals surface area contributed by atoms with Gasteiger partial charge in [0.05, 0.1) is 31.0 Å². The fourth-order valence-corrected chi connectivity index (χ4v) is 4.10. The lowest BCUT2D eigenvalue weighted by Crippen LogP contribution is -2.11. The average Bonchev–Trinajstić information content (AvgIpc) is 3.40. The molecular weight excluding hydrogens is 348 g/mol. The summed E-state index contributed by atoms with van der Waals surface area (Å²) in [6, 6.07) is 17.2. The third-order valence-electron chi connectivity index (χ3n) is 5.63. The Kier molecular flexibility index (Phi) is 6.30. The van der Waals surface area contributed by atoms with E-state index in [2.05, 4.69) is 58.8 Å². The molecule has 4 nitrogen and oxygen atoms in total. The van der Waals surface area contributed by atoms with Crippen LogP contribution in [-0.2, 0) is 16.1 Å². The van der Waals surface area contributed by atoms with E-state index in [0.717, 1.165) is 18.2 Å². The molecule has 1 aromatic heterocycles. The van der Waals surface area contributed by atoms with Crippen LogP contribution in [0.1, 0.15) is 31.2 Å². The minimum absolute atomic E-state index is 0.600. The third-order valence-corrected chi connectivity index (χ3v) is 5.63. The highest BCUT2D eigenvalue weighted by molar-refractivity contribution is 5.95. The first kappa shape index (κ1) is 19.0. The number of rotatable bonds is 9. The number of aromatic amines is 1. The molecule has 1 aliphatic rings. The SMILES string of the molecule is COCCOCc1cc(NCC2CCCC2)c2[nH]c(-c3ccccc3)cc2c1. The molecule has 4 heteroatoms. The summed E-state index contributed by atoms with van der Waals surface area (Å²) in [5.74, 6) is 0.792. The van der Waals surface area contributed by atoms with Gasteiger partial charge in [0.25, 0.3) is 0 Å². The molecule has 0 saturated heterocycles. The van der Waals surface area contributed by atoms with E-state index in [1.165, 1.54) is 53.4 Å². The highest BCUT2D eigenvalue weighted by Gasteiger charge is 2.16. The van der Waals surface area contributed by atoms with Gasteiger partial charge >= 0.3 is 0 Å². The summed E-state index contributed by atoms with van der Waals surface area (Å²) in [4.78, 5) is 3.64. The second-order valence-electron chi connectivity index (χ2n) is 7.73. The second-order valence-corrected chi connectivity index (χ2v) is 7.73. The van der Waals surface area contributed by atoms with Crippen LogP contribution in [0.5, 0.6) is 0 Å². The van der Waals surface area contributed by atoms with Crippen molar-refractivity contribution in [2.24, 2.45) is 5.92 Å². The minimum Gasteiger partial charge on any atom is -0.383 e. The lowest BCUT2D eigenvalue weighted by atomic mass is 10.1. The van der Waals surface area contributed by atoms with E-state index in [1.807, 2.05) is 0 Å². The van der Waals surface area contributed by atoms with Crippen LogP contribution in [0.4, 0.5) is 5.69 Å². The van der Waals surface area contributed by atoms with Gasteiger partial charge in [0.1, 0.15) is 0 Å². The Labute approximate surface area is 167 Å². The third kappa shape index (κ3) is 4.57. The maximum atomic E-state index is 5.77. The van der Waals surface area contributed by atoms with Crippen molar-refractivity contribution < 1.29 is 9.47 Å². The number of hydrogen-bond acceptors (Lipinski definition) is 3. The van der Waals surface area contributed by atoms with Crippen LogP contribution in [0.3, 0.4) is 0 Å².